The summed E-state index contributed by atoms with van der Waals surface area (Å²) in [6, 6.07) is 17.5. The van der Waals surface area contributed by atoms with Crippen molar-refractivity contribution in [1.29, 1.82) is 0 Å². The molecular weight excluding hydrogens is 593 g/mol. The van der Waals surface area contributed by atoms with Crippen LogP contribution in [0, 0.1) is 13.8 Å². The molecule has 42 heavy (non-hydrogen) atoms. The normalized spacial score (nSPS) is 14.7. The fraction of sp³-hybridized carbons (Fsp3) is 0.375. The maximum absolute atomic E-state index is 14.2. The zero-order valence-corrected chi connectivity index (χ0v) is 26.5. The number of benzene rings is 3. The van der Waals surface area contributed by atoms with E-state index in [0.29, 0.717) is 26.9 Å². The fourth-order valence-electron chi connectivity index (χ4n) is 5.32. The van der Waals surface area contributed by atoms with E-state index in [9.17, 15) is 18.0 Å². The maximum atomic E-state index is 14.2. The van der Waals surface area contributed by atoms with Gasteiger partial charge in [-0.25, -0.2) is 8.42 Å². The summed E-state index contributed by atoms with van der Waals surface area (Å²) in [4.78, 5) is 29.1. The van der Waals surface area contributed by atoms with Gasteiger partial charge in [0.1, 0.15) is 12.6 Å². The van der Waals surface area contributed by atoms with Crippen molar-refractivity contribution in [2.24, 2.45) is 0 Å². The summed E-state index contributed by atoms with van der Waals surface area (Å²) >= 11 is 13.0. The minimum absolute atomic E-state index is 0.0414. The summed E-state index contributed by atoms with van der Waals surface area (Å²) in [7, 11) is -4.14. The molecule has 0 spiro atoms. The highest BCUT2D eigenvalue weighted by Gasteiger charge is 2.34. The second-order valence-corrected chi connectivity index (χ2v) is 13.5. The van der Waals surface area contributed by atoms with Gasteiger partial charge < -0.3 is 10.2 Å². The molecule has 0 bridgehead atoms. The second-order valence-electron chi connectivity index (χ2n) is 10.9. The molecule has 0 heterocycles. The SMILES string of the molecule is Cc1ccc(N(CC(=O)N(Cc2c(Cl)cccc2Cl)[C@H](C)C(=O)NC2CCCCC2)S(=O)(=O)c2ccccc2)c(C)c1. The van der Waals surface area contributed by atoms with Crippen molar-refractivity contribution in [3.05, 3.63) is 93.5 Å². The van der Waals surface area contributed by atoms with Crippen LogP contribution in [0.5, 0.6) is 0 Å². The highest BCUT2D eigenvalue weighted by atomic mass is 35.5. The van der Waals surface area contributed by atoms with E-state index in [0.717, 1.165) is 42.0 Å². The van der Waals surface area contributed by atoms with Crippen LogP contribution < -0.4 is 9.62 Å². The predicted octanol–water partition coefficient (Wildman–Crippen LogP) is 6.67. The van der Waals surface area contributed by atoms with Crippen LogP contribution in [0.2, 0.25) is 10.0 Å². The van der Waals surface area contributed by atoms with Crippen molar-refractivity contribution in [3.63, 3.8) is 0 Å². The molecule has 1 saturated carbocycles. The minimum atomic E-state index is -4.14. The molecule has 7 nitrogen and oxygen atoms in total. The minimum Gasteiger partial charge on any atom is -0.352 e. The number of carbonyl (C=O) groups excluding carboxylic acids is 2. The molecule has 1 N–H and O–H groups in total. The van der Waals surface area contributed by atoms with E-state index in [2.05, 4.69) is 5.32 Å². The zero-order chi connectivity index (χ0) is 30.4. The molecule has 0 unspecified atom stereocenters. The van der Waals surface area contributed by atoms with Crippen LogP contribution in [0.4, 0.5) is 5.69 Å². The van der Waals surface area contributed by atoms with Crippen molar-refractivity contribution in [2.45, 2.75) is 76.4 Å². The molecule has 3 aromatic rings. The average molecular weight is 631 g/mol. The topological polar surface area (TPSA) is 86.8 Å². The number of hydrogen-bond acceptors (Lipinski definition) is 4. The van der Waals surface area contributed by atoms with Gasteiger partial charge in [0.15, 0.2) is 0 Å². The lowest BCUT2D eigenvalue weighted by molar-refractivity contribution is -0.139. The largest absolute Gasteiger partial charge is 0.352 e. The third-order valence-corrected chi connectivity index (χ3v) is 10.2. The van der Waals surface area contributed by atoms with Crippen LogP contribution in [0.1, 0.15) is 55.7 Å². The number of anilines is 1. The number of nitrogens with one attached hydrogen (secondary N) is 1. The van der Waals surface area contributed by atoms with Gasteiger partial charge in [-0.05, 0) is 69.5 Å². The van der Waals surface area contributed by atoms with Gasteiger partial charge in [-0.1, -0.05) is 84.4 Å². The molecule has 0 aromatic heterocycles. The highest BCUT2D eigenvalue weighted by molar-refractivity contribution is 7.92. The Labute approximate surface area is 258 Å². The van der Waals surface area contributed by atoms with Gasteiger partial charge in [0.25, 0.3) is 10.0 Å². The van der Waals surface area contributed by atoms with Gasteiger partial charge in [-0.3, -0.25) is 13.9 Å². The molecular formula is C32H37Cl2N3O4S. The molecule has 2 amide bonds. The van der Waals surface area contributed by atoms with E-state index in [1.165, 1.54) is 17.0 Å². The number of hydrogen-bond donors (Lipinski definition) is 1. The molecule has 224 valence electrons. The first-order valence-corrected chi connectivity index (χ1v) is 16.4. The lowest BCUT2D eigenvalue weighted by atomic mass is 9.95. The molecule has 10 heteroatoms. The van der Waals surface area contributed by atoms with Gasteiger partial charge >= 0.3 is 0 Å². The van der Waals surface area contributed by atoms with Crippen molar-refractivity contribution >= 4 is 50.7 Å². The van der Waals surface area contributed by atoms with Gasteiger partial charge in [0, 0.05) is 28.2 Å². The maximum Gasteiger partial charge on any atom is 0.264 e. The summed E-state index contributed by atoms with van der Waals surface area (Å²) in [6.45, 7) is 4.78. The van der Waals surface area contributed by atoms with E-state index >= 15 is 0 Å². The van der Waals surface area contributed by atoms with E-state index in [-0.39, 0.29) is 23.4 Å². The lowest BCUT2D eigenvalue weighted by Gasteiger charge is -2.34. The number of nitrogens with zero attached hydrogens (tertiary/aromatic N) is 2. The second kappa shape index (κ2) is 13.9. The molecule has 1 fully saturated rings. The summed E-state index contributed by atoms with van der Waals surface area (Å²) in [5.41, 5.74) is 2.53. The van der Waals surface area contributed by atoms with Crippen LogP contribution in [-0.4, -0.2) is 43.8 Å². The first-order chi connectivity index (χ1) is 20.0. The van der Waals surface area contributed by atoms with Crippen LogP contribution in [-0.2, 0) is 26.2 Å². The number of sulfonamides is 1. The number of aryl methyl sites for hydroxylation is 2. The quantitative estimate of drug-likeness (QED) is 0.271. The van der Waals surface area contributed by atoms with E-state index < -0.39 is 28.5 Å². The number of carbonyl (C=O) groups is 2. The third kappa shape index (κ3) is 7.46. The van der Waals surface area contributed by atoms with Crippen LogP contribution in [0.15, 0.2) is 71.6 Å². The molecule has 1 atom stereocenters. The van der Waals surface area contributed by atoms with Crippen molar-refractivity contribution < 1.29 is 18.0 Å². The zero-order valence-electron chi connectivity index (χ0n) is 24.1. The van der Waals surface area contributed by atoms with Gasteiger partial charge in [0.2, 0.25) is 11.8 Å². The first kappa shape index (κ1) is 31.9. The number of rotatable bonds is 10. The Bertz CT molecular complexity index is 1510. The third-order valence-electron chi connectivity index (χ3n) is 7.74. The predicted molar refractivity (Wildman–Crippen MR) is 168 cm³/mol. The Hall–Kier alpha value is -3.07. The van der Waals surface area contributed by atoms with Crippen molar-refractivity contribution in [1.82, 2.24) is 10.2 Å². The summed E-state index contributed by atoms with van der Waals surface area (Å²) < 4.78 is 29.1. The summed E-state index contributed by atoms with van der Waals surface area (Å²) in [6.07, 6.45) is 5.00. The van der Waals surface area contributed by atoms with Gasteiger partial charge in [-0.15, -0.1) is 0 Å². The average Bonchev–Trinajstić information content (AvgIpc) is 2.96. The Morgan fingerprint density at radius 1 is 0.929 bits per heavy atom. The number of amides is 2. The van der Waals surface area contributed by atoms with E-state index in [4.69, 9.17) is 23.2 Å². The Morgan fingerprint density at radius 3 is 2.19 bits per heavy atom. The summed E-state index contributed by atoms with van der Waals surface area (Å²) in [5, 5.41) is 3.80. The molecule has 3 aromatic carbocycles. The van der Waals surface area contributed by atoms with Gasteiger partial charge in [-0.2, -0.15) is 0 Å². The first-order valence-electron chi connectivity index (χ1n) is 14.2. The van der Waals surface area contributed by atoms with Crippen molar-refractivity contribution in [3.8, 4) is 0 Å². The molecule has 1 aliphatic carbocycles. The van der Waals surface area contributed by atoms with Crippen molar-refractivity contribution in [2.75, 3.05) is 10.8 Å². The Morgan fingerprint density at radius 2 is 1.57 bits per heavy atom. The molecule has 0 radical (unpaired) electrons. The Balaban J connectivity index is 1.72. The summed E-state index contributed by atoms with van der Waals surface area (Å²) in [5.74, 6) is -0.862. The number of halogens is 2. The van der Waals surface area contributed by atoms with Gasteiger partial charge in [0.05, 0.1) is 10.6 Å². The standard InChI is InChI=1S/C32H37Cl2N3O4S/c1-22-17-18-30(23(2)19-22)37(42(40,41)26-13-8-5-9-14-26)21-31(38)36(20-27-28(33)15-10-16-29(27)34)24(3)32(39)35-25-11-6-4-7-12-25/h5,8-10,13-19,24-25H,4,6-7,11-12,20-21H2,1-3H3,(H,35,39)/t24-/m1/s1. The van der Waals surface area contributed by atoms with Crippen LogP contribution in [0.25, 0.3) is 0 Å². The van der Waals surface area contributed by atoms with E-state index in [1.807, 2.05) is 26.0 Å². The Kier molecular flexibility index (Phi) is 10.6. The lowest BCUT2D eigenvalue weighted by Crippen LogP contribution is -2.53. The highest BCUT2D eigenvalue weighted by Crippen LogP contribution is 2.30. The van der Waals surface area contributed by atoms with Crippen LogP contribution >= 0.6 is 23.2 Å². The molecule has 4 rings (SSSR count). The monoisotopic (exact) mass is 629 g/mol. The van der Waals surface area contributed by atoms with Crippen LogP contribution in [0.3, 0.4) is 0 Å². The van der Waals surface area contributed by atoms with E-state index in [1.54, 1.807) is 49.4 Å². The smallest absolute Gasteiger partial charge is 0.264 e. The molecule has 1 aliphatic rings. The fourth-order valence-corrected chi connectivity index (χ4v) is 7.34. The molecule has 0 saturated heterocycles. The molecule has 0 aliphatic heterocycles.